The molecular formula is C27H26N4O5S. The Morgan fingerprint density at radius 2 is 2.05 bits per heavy atom. The minimum atomic E-state index is -0.815. The molecule has 2 aliphatic carbocycles. The molecule has 0 radical (unpaired) electrons. The number of nitrogens with zero attached hydrogens (tertiary/aromatic N) is 3. The van der Waals surface area contributed by atoms with Crippen LogP contribution < -0.4 is 10.6 Å². The van der Waals surface area contributed by atoms with Crippen LogP contribution in [0.4, 0.5) is 10.7 Å². The van der Waals surface area contributed by atoms with E-state index in [4.69, 9.17) is 10.5 Å². The Bertz CT molecular complexity index is 1430. The zero-order chi connectivity index (χ0) is 26.3. The van der Waals surface area contributed by atoms with Crippen LogP contribution in [0.1, 0.15) is 71.3 Å². The number of anilines is 1. The Hall–Kier alpha value is -3.97. The SMILES string of the molecule is CCOC(=O)c1c(N2C(N)=C(C#N)[C@@H](c3cccc([N+](=O)[O-])c3)C3=C2CCCC3=O)sc2c1CCCC2. The maximum Gasteiger partial charge on any atom is 0.341 e. The summed E-state index contributed by atoms with van der Waals surface area (Å²) in [5, 5.41) is 22.3. The number of fused-ring (bicyclic) bond motifs is 1. The third-order valence-corrected chi connectivity index (χ3v) is 8.44. The second-order valence-electron chi connectivity index (χ2n) is 9.28. The molecule has 2 heterocycles. The molecule has 0 bridgehead atoms. The van der Waals surface area contributed by atoms with Gasteiger partial charge in [-0.05, 0) is 56.6 Å². The molecule has 5 rings (SSSR count). The number of esters is 1. The van der Waals surface area contributed by atoms with Gasteiger partial charge in [-0.25, -0.2) is 4.79 Å². The number of aryl methyl sites for hydroxylation is 1. The summed E-state index contributed by atoms with van der Waals surface area (Å²) >= 11 is 1.47. The summed E-state index contributed by atoms with van der Waals surface area (Å²) in [4.78, 5) is 40.4. The van der Waals surface area contributed by atoms with Crippen LogP contribution in [0.5, 0.6) is 0 Å². The van der Waals surface area contributed by atoms with E-state index in [0.29, 0.717) is 46.7 Å². The molecular weight excluding hydrogens is 492 g/mol. The van der Waals surface area contributed by atoms with Crippen molar-refractivity contribution < 1.29 is 19.2 Å². The van der Waals surface area contributed by atoms with E-state index in [1.54, 1.807) is 24.0 Å². The largest absolute Gasteiger partial charge is 0.462 e. The van der Waals surface area contributed by atoms with Crippen molar-refractivity contribution in [2.75, 3.05) is 11.5 Å². The van der Waals surface area contributed by atoms with Crippen LogP contribution in [0.15, 0.2) is 46.9 Å². The monoisotopic (exact) mass is 518 g/mol. The number of nitro groups is 1. The highest BCUT2D eigenvalue weighted by Crippen LogP contribution is 2.50. The Morgan fingerprint density at radius 1 is 1.27 bits per heavy atom. The molecule has 0 fully saturated rings. The van der Waals surface area contributed by atoms with Gasteiger partial charge in [-0.2, -0.15) is 5.26 Å². The minimum Gasteiger partial charge on any atom is -0.462 e. The zero-order valence-electron chi connectivity index (χ0n) is 20.4. The third-order valence-electron chi connectivity index (χ3n) is 7.16. The molecule has 1 aliphatic heterocycles. The number of nitrogens with two attached hydrogens (primary N) is 1. The second-order valence-corrected chi connectivity index (χ2v) is 10.4. The average molecular weight is 519 g/mol. The van der Waals surface area contributed by atoms with Crippen molar-refractivity contribution in [3.05, 3.63) is 78.6 Å². The van der Waals surface area contributed by atoms with Gasteiger partial charge in [0.2, 0.25) is 0 Å². The van der Waals surface area contributed by atoms with Gasteiger partial charge in [0.15, 0.2) is 5.78 Å². The van der Waals surface area contributed by atoms with E-state index >= 15 is 0 Å². The van der Waals surface area contributed by atoms with E-state index in [2.05, 4.69) is 6.07 Å². The highest BCUT2D eigenvalue weighted by Gasteiger charge is 2.43. The fourth-order valence-electron chi connectivity index (χ4n) is 5.59. The van der Waals surface area contributed by atoms with E-state index in [0.717, 1.165) is 36.1 Å². The number of nitro benzene ring substituents is 1. The smallest absolute Gasteiger partial charge is 0.341 e. The number of carbonyl (C=O) groups excluding carboxylic acids is 2. The van der Waals surface area contributed by atoms with Gasteiger partial charge in [0.1, 0.15) is 10.8 Å². The number of allylic oxidation sites excluding steroid dienone is 3. The molecule has 1 aromatic carbocycles. The van der Waals surface area contributed by atoms with Gasteiger partial charge >= 0.3 is 5.97 Å². The first kappa shape index (κ1) is 24.7. The molecule has 0 saturated carbocycles. The molecule has 9 nitrogen and oxygen atoms in total. The number of benzene rings is 1. The van der Waals surface area contributed by atoms with Gasteiger partial charge in [0.05, 0.1) is 34.7 Å². The molecule has 1 atom stereocenters. The van der Waals surface area contributed by atoms with Crippen LogP contribution >= 0.6 is 11.3 Å². The lowest BCUT2D eigenvalue weighted by Crippen LogP contribution is -2.39. The van der Waals surface area contributed by atoms with Gasteiger partial charge in [-0.15, -0.1) is 11.3 Å². The van der Waals surface area contributed by atoms with E-state index in [9.17, 15) is 25.0 Å². The van der Waals surface area contributed by atoms with Crippen molar-refractivity contribution in [3.63, 3.8) is 0 Å². The summed E-state index contributed by atoms with van der Waals surface area (Å²) in [6.07, 6.45) is 5.01. The Labute approximate surface area is 218 Å². The second kappa shape index (κ2) is 9.82. The van der Waals surface area contributed by atoms with E-state index < -0.39 is 16.8 Å². The zero-order valence-corrected chi connectivity index (χ0v) is 21.2. The quantitative estimate of drug-likeness (QED) is 0.331. The number of ketones is 1. The first-order valence-electron chi connectivity index (χ1n) is 12.4. The first-order valence-corrected chi connectivity index (χ1v) is 13.2. The molecule has 0 unspecified atom stereocenters. The number of thiophene rings is 1. The lowest BCUT2D eigenvalue weighted by atomic mass is 9.75. The highest BCUT2D eigenvalue weighted by atomic mass is 32.1. The van der Waals surface area contributed by atoms with Crippen molar-refractivity contribution in [1.82, 2.24) is 0 Å². The number of rotatable bonds is 5. The van der Waals surface area contributed by atoms with E-state index in [-0.39, 0.29) is 29.5 Å². The fraction of sp³-hybridized carbons (Fsp3) is 0.370. The topological polar surface area (TPSA) is 140 Å². The first-order chi connectivity index (χ1) is 17.9. The van der Waals surface area contributed by atoms with E-state index in [1.807, 2.05) is 0 Å². The molecule has 2 aromatic rings. The van der Waals surface area contributed by atoms with Crippen LogP contribution in [-0.4, -0.2) is 23.3 Å². The predicted octanol–water partition coefficient (Wildman–Crippen LogP) is 5.02. The van der Waals surface area contributed by atoms with Crippen LogP contribution in [-0.2, 0) is 22.4 Å². The molecule has 190 valence electrons. The Kier molecular flexibility index (Phi) is 6.56. The van der Waals surface area contributed by atoms with Crippen molar-refractivity contribution in [2.24, 2.45) is 5.73 Å². The van der Waals surface area contributed by atoms with Gasteiger partial charge in [-0.3, -0.25) is 19.8 Å². The minimum absolute atomic E-state index is 0.123. The van der Waals surface area contributed by atoms with Gasteiger partial charge in [0, 0.05) is 34.7 Å². The fourth-order valence-corrected chi connectivity index (χ4v) is 7.01. The average Bonchev–Trinajstić information content (AvgIpc) is 3.27. The normalized spacial score (nSPS) is 19.3. The van der Waals surface area contributed by atoms with E-state index in [1.165, 1.54) is 23.5 Å². The molecule has 1 aromatic heterocycles. The summed E-state index contributed by atoms with van der Waals surface area (Å²) in [6.45, 7) is 1.97. The maximum absolute atomic E-state index is 13.4. The lowest BCUT2D eigenvalue weighted by Gasteiger charge is -2.39. The summed E-state index contributed by atoms with van der Waals surface area (Å²) in [6, 6.07) is 8.18. The number of ether oxygens (including phenoxy) is 1. The lowest BCUT2D eigenvalue weighted by molar-refractivity contribution is -0.384. The van der Waals surface area contributed by atoms with Crippen molar-refractivity contribution in [1.29, 1.82) is 5.26 Å². The molecule has 2 N–H and O–H groups in total. The summed E-state index contributed by atoms with van der Waals surface area (Å²) in [5.41, 5.74) is 9.66. The van der Waals surface area contributed by atoms with Crippen LogP contribution in [0.3, 0.4) is 0 Å². The summed E-state index contributed by atoms with van der Waals surface area (Å²) in [7, 11) is 0. The molecule has 10 heteroatoms. The molecule has 0 spiro atoms. The van der Waals surface area contributed by atoms with Crippen LogP contribution in [0, 0.1) is 21.4 Å². The van der Waals surface area contributed by atoms with Crippen LogP contribution in [0.2, 0.25) is 0 Å². The summed E-state index contributed by atoms with van der Waals surface area (Å²) < 4.78 is 5.43. The number of Topliss-reactive ketones (excluding diaryl/α,β-unsaturated/α-hetero) is 1. The van der Waals surface area contributed by atoms with Crippen molar-refractivity contribution in [2.45, 2.75) is 57.8 Å². The van der Waals surface area contributed by atoms with Crippen molar-refractivity contribution >= 4 is 33.8 Å². The highest BCUT2D eigenvalue weighted by molar-refractivity contribution is 7.16. The molecule has 0 amide bonds. The van der Waals surface area contributed by atoms with Gasteiger partial charge in [-0.1, -0.05) is 12.1 Å². The number of non-ortho nitro benzene ring substituents is 1. The molecule has 37 heavy (non-hydrogen) atoms. The molecule has 3 aliphatic rings. The standard InChI is InChI=1S/C27H26N4O5S/c1-2-36-27(33)23-17-9-3-4-12-21(17)37-26(23)30-19-10-6-11-20(32)24(19)22(18(14-28)25(30)29)15-7-5-8-16(13-15)31(34)35/h5,7-8,13,22H,2-4,6,9-12,29H2,1H3/t22-/m1/s1. The van der Waals surface area contributed by atoms with Gasteiger partial charge in [0.25, 0.3) is 5.69 Å². The number of nitriles is 1. The van der Waals surface area contributed by atoms with Crippen LogP contribution in [0.25, 0.3) is 0 Å². The van der Waals surface area contributed by atoms with Crippen molar-refractivity contribution in [3.8, 4) is 6.07 Å². The number of hydrogen-bond acceptors (Lipinski definition) is 9. The maximum atomic E-state index is 13.4. The third kappa shape index (κ3) is 4.09. The van der Waals surface area contributed by atoms with Gasteiger partial charge < -0.3 is 10.5 Å². The Morgan fingerprint density at radius 3 is 2.78 bits per heavy atom. The number of carbonyl (C=O) groups is 2. The number of hydrogen-bond donors (Lipinski definition) is 1. The summed E-state index contributed by atoms with van der Waals surface area (Å²) in [5.74, 6) is -1.24. The molecule has 0 saturated heterocycles. The predicted molar refractivity (Wildman–Crippen MR) is 138 cm³/mol. The Balaban J connectivity index is 1.76.